The van der Waals surface area contributed by atoms with Crippen LogP contribution < -0.4 is 5.32 Å². The maximum atomic E-state index is 12.6. The highest BCUT2D eigenvalue weighted by molar-refractivity contribution is 7.89. The molecule has 5 nitrogen and oxygen atoms in total. The Balaban J connectivity index is 2.12. The summed E-state index contributed by atoms with van der Waals surface area (Å²) in [6.07, 6.45) is 1.45. The van der Waals surface area contributed by atoms with Gasteiger partial charge < -0.3 is 5.32 Å². The van der Waals surface area contributed by atoms with E-state index < -0.39 is 10.0 Å². The summed E-state index contributed by atoms with van der Waals surface area (Å²) in [5.74, 6) is -0.293. The van der Waals surface area contributed by atoms with Crippen LogP contribution in [-0.2, 0) is 14.8 Å². The number of hydrogen-bond acceptors (Lipinski definition) is 3. The van der Waals surface area contributed by atoms with Crippen LogP contribution in [0.1, 0.15) is 36.5 Å². The third kappa shape index (κ3) is 4.12. The summed E-state index contributed by atoms with van der Waals surface area (Å²) in [5.41, 5.74) is 4.07. The minimum Gasteiger partial charge on any atom is -0.325 e. The molecule has 1 fully saturated rings. The first kappa shape index (κ1) is 17.9. The Morgan fingerprint density at radius 2 is 1.87 bits per heavy atom. The van der Waals surface area contributed by atoms with E-state index in [0.29, 0.717) is 6.54 Å². The lowest BCUT2D eigenvalue weighted by molar-refractivity contribution is -0.120. The summed E-state index contributed by atoms with van der Waals surface area (Å²) in [4.78, 5) is 12.6. The van der Waals surface area contributed by atoms with E-state index in [1.807, 2.05) is 32.9 Å². The van der Waals surface area contributed by atoms with Gasteiger partial charge in [0.1, 0.15) is 0 Å². The molecule has 0 spiro atoms. The van der Waals surface area contributed by atoms with Gasteiger partial charge in [0.2, 0.25) is 15.9 Å². The molecule has 1 aliphatic heterocycles. The number of nitrogens with one attached hydrogen (secondary N) is 1. The van der Waals surface area contributed by atoms with Crippen LogP contribution in [0.4, 0.5) is 5.69 Å². The molecule has 1 saturated heterocycles. The van der Waals surface area contributed by atoms with E-state index >= 15 is 0 Å². The van der Waals surface area contributed by atoms with Gasteiger partial charge in [0, 0.05) is 18.8 Å². The van der Waals surface area contributed by atoms with Crippen molar-refractivity contribution in [2.45, 2.75) is 40.5 Å². The number of aryl methyl sites for hydroxylation is 3. The number of anilines is 1. The second-order valence-corrected chi connectivity index (χ2v) is 8.62. The third-order valence-electron chi connectivity index (χ3n) is 4.44. The average Bonchev–Trinajstić information content (AvgIpc) is 2.50. The van der Waals surface area contributed by atoms with Crippen molar-refractivity contribution in [2.75, 3.05) is 24.2 Å². The molecule has 0 saturated carbocycles. The maximum absolute atomic E-state index is 12.6. The molecule has 23 heavy (non-hydrogen) atoms. The second kappa shape index (κ2) is 7.01. The monoisotopic (exact) mass is 338 g/mol. The SMILES string of the molecule is CCS(=O)(=O)N1CCCC(C(=O)Nc2c(C)cc(C)cc2C)C1. The number of piperidine rings is 1. The van der Waals surface area contributed by atoms with E-state index in [1.165, 1.54) is 4.31 Å². The van der Waals surface area contributed by atoms with Crippen molar-refractivity contribution in [2.24, 2.45) is 5.92 Å². The number of hydrogen-bond donors (Lipinski definition) is 1. The normalized spacial score (nSPS) is 19.6. The Labute approximate surface area is 139 Å². The lowest BCUT2D eigenvalue weighted by Gasteiger charge is -2.31. The van der Waals surface area contributed by atoms with Gasteiger partial charge in [-0.05, 0) is 51.7 Å². The smallest absolute Gasteiger partial charge is 0.228 e. The van der Waals surface area contributed by atoms with Crippen LogP contribution in [0.25, 0.3) is 0 Å². The van der Waals surface area contributed by atoms with Crippen LogP contribution in [0, 0.1) is 26.7 Å². The van der Waals surface area contributed by atoms with Crippen LogP contribution in [0.15, 0.2) is 12.1 Å². The number of rotatable bonds is 4. The summed E-state index contributed by atoms with van der Waals surface area (Å²) >= 11 is 0. The number of sulfonamides is 1. The Morgan fingerprint density at radius 3 is 2.43 bits per heavy atom. The Kier molecular flexibility index (Phi) is 5.47. The van der Waals surface area contributed by atoms with E-state index in [0.717, 1.165) is 35.2 Å². The van der Waals surface area contributed by atoms with E-state index in [4.69, 9.17) is 0 Å². The molecule has 1 atom stereocenters. The van der Waals surface area contributed by atoms with Crippen molar-refractivity contribution in [3.05, 3.63) is 28.8 Å². The molecule has 1 N–H and O–H groups in total. The van der Waals surface area contributed by atoms with Crippen LogP contribution >= 0.6 is 0 Å². The van der Waals surface area contributed by atoms with Gasteiger partial charge in [-0.1, -0.05) is 17.7 Å². The molecule has 0 aromatic heterocycles. The molecule has 0 aliphatic carbocycles. The fourth-order valence-electron chi connectivity index (χ4n) is 3.19. The predicted molar refractivity (Wildman–Crippen MR) is 93.0 cm³/mol. The van der Waals surface area contributed by atoms with Crippen LogP contribution in [0.5, 0.6) is 0 Å². The van der Waals surface area contributed by atoms with E-state index in [2.05, 4.69) is 5.32 Å². The topological polar surface area (TPSA) is 66.5 Å². The number of carbonyl (C=O) groups excluding carboxylic acids is 1. The highest BCUT2D eigenvalue weighted by Crippen LogP contribution is 2.25. The Hall–Kier alpha value is -1.40. The summed E-state index contributed by atoms with van der Waals surface area (Å²) in [6, 6.07) is 4.08. The molecule has 128 valence electrons. The van der Waals surface area contributed by atoms with Crippen molar-refractivity contribution in [3.8, 4) is 0 Å². The molecular formula is C17H26N2O3S. The molecule has 1 aliphatic rings. The maximum Gasteiger partial charge on any atom is 0.228 e. The summed E-state index contributed by atoms with van der Waals surface area (Å²) in [5, 5.41) is 3.01. The minimum absolute atomic E-state index is 0.0809. The highest BCUT2D eigenvalue weighted by Gasteiger charge is 2.31. The van der Waals surface area contributed by atoms with E-state index in [1.54, 1.807) is 6.92 Å². The van der Waals surface area contributed by atoms with Gasteiger partial charge in [0.15, 0.2) is 0 Å². The first-order chi connectivity index (χ1) is 10.7. The molecule has 1 aromatic carbocycles. The van der Waals surface area contributed by atoms with Crippen molar-refractivity contribution >= 4 is 21.6 Å². The van der Waals surface area contributed by atoms with Gasteiger partial charge in [-0.25, -0.2) is 12.7 Å². The van der Waals surface area contributed by atoms with Crippen LogP contribution in [-0.4, -0.2) is 37.5 Å². The molecule has 2 rings (SSSR count). The van der Waals surface area contributed by atoms with Crippen molar-refractivity contribution < 1.29 is 13.2 Å². The zero-order valence-electron chi connectivity index (χ0n) is 14.3. The van der Waals surface area contributed by atoms with Gasteiger partial charge in [-0.3, -0.25) is 4.79 Å². The minimum atomic E-state index is -3.23. The Bertz CT molecular complexity index is 675. The number of nitrogens with zero attached hydrogens (tertiary/aromatic N) is 1. The molecule has 0 radical (unpaired) electrons. The second-order valence-electron chi connectivity index (χ2n) is 6.36. The van der Waals surface area contributed by atoms with E-state index in [-0.39, 0.29) is 24.1 Å². The quantitative estimate of drug-likeness (QED) is 0.918. The van der Waals surface area contributed by atoms with Gasteiger partial charge >= 0.3 is 0 Å². The van der Waals surface area contributed by atoms with Crippen molar-refractivity contribution in [1.82, 2.24) is 4.31 Å². The highest BCUT2D eigenvalue weighted by atomic mass is 32.2. The van der Waals surface area contributed by atoms with Crippen molar-refractivity contribution in [1.29, 1.82) is 0 Å². The zero-order chi connectivity index (χ0) is 17.2. The van der Waals surface area contributed by atoms with Crippen molar-refractivity contribution in [3.63, 3.8) is 0 Å². The standard InChI is InChI=1S/C17H26N2O3S/c1-5-23(21,22)19-8-6-7-15(11-19)17(20)18-16-13(3)9-12(2)10-14(16)4/h9-10,15H,5-8,11H2,1-4H3,(H,18,20). The van der Waals surface area contributed by atoms with Gasteiger partial charge in [0.05, 0.1) is 11.7 Å². The van der Waals surface area contributed by atoms with Gasteiger partial charge in [-0.15, -0.1) is 0 Å². The first-order valence-electron chi connectivity index (χ1n) is 8.11. The number of carbonyl (C=O) groups is 1. The summed E-state index contributed by atoms with van der Waals surface area (Å²) < 4.78 is 25.5. The summed E-state index contributed by atoms with van der Waals surface area (Å²) in [7, 11) is -3.23. The zero-order valence-corrected chi connectivity index (χ0v) is 15.2. The lowest BCUT2D eigenvalue weighted by atomic mass is 9.98. The fourth-order valence-corrected chi connectivity index (χ4v) is 4.37. The molecular weight excluding hydrogens is 312 g/mol. The average molecular weight is 338 g/mol. The molecule has 6 heteroatoms. The number of amides is 1. The van der Waals surface area contributed by atoms with E-state index in [9.17, 15) is 13.2 Å². The molecule has 1 unspecified atom stereocenters. The predicted octanol–water partition coefficient (Wildman–Crippen LogP) is 2.61. The summed E-state index contributed by atoms with van der Waals surface area (Å²) in [6.45, 7) is 8.42. The fraction of sp³-hybridized carbons (Fsp3) is 0.588. The first-order valence-corrected chi connectivity index (χ1v) is 9.72. The van der Waals surface area contributed by atoms with Crippen LogP contribution in [0.2, 0.25) is 0 Å². The largest absolute Gasteiger partial charge is 0.325 e. The molecule has 0 bridgehead atoms. The lowest BCUT2D eigenvalue weighted by Crippen LogP contribution is -2.44. The van der Waals surface area contributed by atoms with Gasteiger partial charge in [-0.2, -0.15) is 0 Å². The molecule has 1 aromatic rings. The molecule has 1 heterocycles. The molecule has 1 amide bonds. The third-order valence-corrected chi connectivity index (χ3v) is 6.29. The van der Waals surface area contributed by atoms with Gasteiger partial charge in [0.25, 0.3) is 0 Å². The van der Waals surface area contributed by atoms with Crippen LogP contribution in [0.3, 0.4) is 0 Å². The number of benzene rings is 1. The Morgan fingerprint density at radius 1 is 1.26 bits per heavy atom.